The first-order chi connectivity index (χ1) is 12.6. The monoisotopic (exact) mass is 375 g/mol. The van der Waals surface area contributed by atoms with Gasteiger partial charge in [-0.15, -0.1) is 0 Å². The molecule has 0 aliphatic carbocycles. The maximum Gasteiger partial charge on any atom is 0.254 e. The fourth-order valence-corrected chi connectivity index (χ4v) is 3.08. The maximum absolute atomic E-state index is 12.7. The van der Waals surface area contributed by atoms with E-state index in [1.165, 1.54) is 0 Å². The predicted octanol–water partition coefficient (Wildman–Crippen LogP) is 3.58. The molecule has 1 aliphatic rings. The summed E-state index contributed by atoms with van der Waals surface area (Å²) in [7, 11) is 1.62. The third-order valence-electron chi connectivity index (χ3n) is 4.24. The maximum atomic E-state index is 12.7. The van der Waals surface area contributed by atoms with E-state index in [2.05, 4.69) is 0 Å². The van der Waals surface area contributed by atoms with Gasteiger partial charge in [0, 0.05) is 17.1 Å². The molecular formula is C20H22ClNO4. The highest BCUT2D eigenvalue weighted by Crippen LogP contribution is 2.28. The van der Waals surface area contributed by atoms with Gasteiger partial charge in [0.25, 0.3) is 5.91 Å². The van der Waals surface area contributed by atoms with Crippen molar-refractivity contribution < 1.29 is 19.0 Å². The lowest BCUT2D eigenvalue weighted by Crippen LogP contribution is -2.47. The van der Waals surface area contributed by atoms with Gasteiger partial charge < -0.3 is 19.1 Å². The summed E-state index contributed by atoms with van der Waals surface area (Å²) in [4.78, 5) is 14.4. The van der Waals surface area contributed by atoms with Crippen LogP contribution < -0.4 is 9.47 Å². The fraction of sp³-hybridized carbons (Fsp3) is 0.350. The molecule has 138 valence electrons. The van der Waals surface area contributed by atoms with Gasteiger partial charge in [-0.1, -0.05) is 23.7 Å². The minimum atomic E-state index is -0.196. The van der Waals surface area contributed by atoms with Gasteiger partial charge in [-0.25, -0.2) is 0 Å². The highest BCUT2D eigenvalue weighted by molar-refractivity contribution is 6.30. The van der Waals surface area contributed by atoms with E-state index in [4.69, 9.17) is 25.8 Å². The first kappa shape index (κ1) is 18.5. The zero-order valence-corrected chi connectivity index (χ0v) is 15.7. The average molecular weight is 376 g/mol. The normalized spacial score (nSPS) is 17.0. The number of nitrogens with zero attached hydrogens (tertiary/aromatic N) is 1. The Morgan fingerprint density at radius 2 is 2.12 bits per heavy atom. The number of morpholine rings is 1. The molecule has 1 atom stereocenters. The van der Waals surface area contributed by atoms with Gasteiger partial charge in [0.05, 0.1) is 20.3 Å². The zero-order valence-electron chi connectivity index (χ0n) is 14.9. The largest absolute Gasteiger partial charge is 0.493 e. The van der Waals surface area contributed by atoms with E-state index in [1.807, 2.05) is 25.1 Å². The Balaban J connectivity index is 1.61. The third-order valence-corrected chi connectivity index (χ3v) is 4.48. The van der Waals surface area contributed by atoms with Crippen LogP contribution in [-0.4, -0.2) is 50.3 Å². The number of hydrogen-bond acceptors (Lipinski definition) is 4. The Bertz CT molecular complexity index is 780. The topological polar surface area (TPSA) is 48.0 Å². The number of benzene rings is 2. The van der Waals surface area contributed by atoms with Crippen molar-refractivity contribution in [3.05, 3.63) is 58.6 Å². The quantitative estimate of drug-likeness (QED) is 0.801. The van der Waals surface area contributed by atoms with E-state index in [0.717, 1.165) is 5.56 Å². The van der Waals surface area contributed by atoms with Crippen LogP contribution in [0.3, 0.4) is 0 Å². The highest BCUT2D eigenvalue weighted by atomic mass is 35.5. The number of carbonyl (C=O) groups is 1. The van der Waals surface area contributed by atoms with E-state index in [9.17, 15) is 4.79 Å². The molecule has 1 fully saturated rings. The van der Waals surface area contributed by atoms with Gasteiger partial charge in [-0.2, -0.15) is 0 Å². The molecule has 0 N–H and O–H groups in total. The summed E-state index contributed by atoms with van der Waals surface area (Å²) in [6, 6.07) is 12.8. The molecule has 2 aromatic carbocycles. The number of amides is 1. The highest BCUT2D eigenvalue weighted by Gasteiger charge is 2.26. The van der Waals surface area contributed by atoms with E-state index >= 15 is 0 Å². The molecule has 0 unspecified atom stereocenters. The van der Waals surface area contributed by atoms with Crippen molar-refractivity contribution >= 4 is 17.5 Å². The molecule has 6 heteroatoms. The zero-order chi connectivity index (χ0) is 18.5. The molecule has 0 aromatic heterocycles. The van der Waals surface area contributed by atoms with E-state index in [-0.39, 0.29) is 12.0 Å². The first-order valence-electron chi connectivity index (χ1n) is 8.50. The molecule has 1 aliphatic heterocycles. The van der Waals surface area contributed by atoms with Crippen LogP contribution in [0, 0.1) is 6.92 Å². The van der Waals surface area contributed by atoms with Crippen LogP contribution in [0.5, 0.6) is 11.5 Å². The number of halogens is 1. The van der Waals surface area contributed by atoms with Crippen LogP contribution >= 0.6 is 11.6 Å². The molecule has 0 saturated carbocycles. The second-order valence-electron chi connectivity index (χ2n) is 6.22. The second-order valence-corrected chi connectivity index (χ2v) is 6.66. The van der Waals surface area contributed by atoms with Crippen LogP contribution in [0.1, 0.15) is 15.9 Å². The summed E-state index contributed by atoms with van der Waals surface area (Å²) in [5, 5.41) is 0.551. The molecule has 3 rings (SSSR count). The Morgan fingerprint density at radius 1 is 1.27 bits per heavy atom. The lowest BCUT2D eigenvalue weighted by molar-refractivity contribution is -0.0403. The van der Waals surface area contributed by atoms with Crippen molar-refractivity contribution in [2.45, 2.75) is 13.0 Å². The Kier molecular flexibility index (Phi) is 6.01. The first-order valence-corrected chi connectivity index (χ1v) is 8.88. The molecule has 5 nitrogen and oxygen atoms in total. The minimum Gasteiger partial charge on any atom is -0.493 e. The molecule has 1 heterocycles. The summed E-state index contributed by atoms with van der Waals surface area (Å²) in [5.41, 5.74) is 1.68. The van der Waals surface area contributed by atoms with Gasteiger partial charge >= 0.3 is 0 Å². The molecule has 2 aromatic rings. The number of ether oxygens (including phenoxy) is 3. The SMILES string of the molecule is COc1cc(C)ccc1OC[C@@H]1CN(C(=O)c2cccc(Cl)c2)CCO1. The molecule has 26 heavy (non-hydrogen) atoms. The smallest absolute Gasteiger partial charge is 0.254 e. The number of methoxy groups -OCH3 is 1. The fourth-order valence-electron chi connectivity index (χ4n) is 2.89. The van der Waals surface area contributed by atoms with E-state index in [0.29, 0.717) is 48.4 Å². The van der Waals surface area contributed by atoms with Crippen molar-refractivity contribution in [3.8, 4) is 11.5 Å². The van der Waals surface area contributed by atoms with E-state index < -0.39 is 0 Å². The lowest BCUT2D eigenvalue weighted by Gasteiger charge is -2.33. The van der Waals surface area contributed by atoms with Crippen molar-refractivity contribution in [1.29, 1.82) is 0 Å². The number of aryl methyl sites for hydroxylation is 1. The molecule has 0 spiro atoms. The Labute approximate surface area is 158 Å². The Morgan fingerprint density at radius 3 is 2.88 bits per heavy atom. The summed E-state index contributed by atoms with van der Waals surface area (Å²) in [6.07, 6.45) is -0.196. The standard InChI is InChI=1S/C20H22ClNO4/c1-14-6-7-18(19(10-14)24-2)26-13-17-12-22(8-9-25-17)20(23)15-4-3-5-16(21)11-15/h3-7,10-11,17H,8-9,12-13H2,1-2H3/t17-/m0/s1. The van der Waals surface area contributed by atoms with Crippen molar-refractivity contribution in [2.24, 2.45) is 0 Å². The second kappa shape index (κ2) is 8.43. The van der Waals surface area contributed by atoms with Gasteiger partial charge in [-0.3, -0.25) is 4.79 Å². The summed E-state index contributed by atoms with van der Waals surface area (Å²) < 4.78 is 17.0. The lowest BCUT2D eigenvalue weighted by atomic mass is 10.1. The van der Waals surface area contributed by atoms with Crippen LogP contribution in [0.2, 0.25) is 5.02 Å². The molecule has 0 bridgehead atoms. The number of carbonyl (C=O) groups excluding carboxylic acids is 1. The van der Waals surface area contributed by atoms with Crippen LogP contribution in [-0.2, 0) is 4.74 Å². The van der Waals surface area contributed by atoms with Gasteiger partial charge in [0.15, 0.2) is 11.5 Å². The van der Waals surface area contributed by atoms with Gasteiger partial charge in [-0.05, 0) is 42.8 Å². The number of rotatable bonds is 5. The van der Waals surface area contributed by atoms with Crippen LogP contribution in [0.15, 0.2) is 42.5 Å². The molecule has 0 radical (unpaired) electrons. The third kappa shape index (κ3) is 4.48. The van der Waals surface area contributed by atoms with Crippen molar-refractivity contribution in [1.82, 2.24) is 4.90 Å². The molecule has 1 amide bonds. The minimum absolute atomic E-state index is 0.0475. The molecule has 1 saturated heterocycles. The van der Waals surface area contributed by atoms with Crippen molar-refractivity contribution in [2.75, 3.05) is 33.4 Å². The predicted molar refractivity (Wildman–Crippen MR) is 100 cm³/mol. The van der Waals surface area contributed by atoms with Crippen LogP contribution in [0.25, 0.3) is 0 Å². The average Bonchev–Trinajstić information content (AvgIpc) is 2.66. The van der Waals surface area contributed by atoms with Crippen molar-refractivity contribution in [3.63, 3.8) is 0 Å². The summed E-state index contributed by atoms with van der Waals surface area (Å²) in [6.45, 7) is 3.84. The summed E-state index contributed by atoms with van der Waals surface area (Å²) >= 11 is 5.99. The van der Waals surface area contributed by atoms with Gasteiger partial charge in [0.2, 0.25) is 0 Å². The van der Waals surface area contributed by atoms with Crippen LogP contribution in [0.4, 0.5) is 0 Å². The number of hydrogen-bond donors (Lipinski definition) is 0. The van der Waals surface area contributed by atoms with E-state index in [1.54, 1.807) is 36.3 Å². The van der Waals surface area contributed by atoms with Gasteiger partial charge in [0.1, 0.15) is 12.7 Å². The molecular weight excluding hydrogens is 354 g/mol. The summed E-state index contributed by atoms with van der Waals surface area (Å²) in [5.74, 6) is 1.31. The Hall–Kier alpha value is -2.24.